The van der Waals surface area contributed by atoms with E-state index in [1.54, 1.807) is 29.1 Å². The Bertz CT molecular complexity index is 935. The summed E-state index contributed by atoms with van der Waals surface area (Å²) in [7, 11) is -3.71. The summed E-state index contributed by atoms with van der Waals surface area (Å²) in [4.78, 5) is 12.3. The summed E-state index contributed by atoms with van der Waals surface area (Å²) < 4.78 is 28.1. The van der Waals surface area contributed by atoms with Crippen molar-refractivity contribution in [3.8, 4) is 5.69 Å². The highest BCUT2D eigenvalue weighted by atomic mass is 32.2. The highest BCUT2D eigenvalue weighted by Crippen LogP contribution is 2.09. The van der Waals surface area contributed by atoms with E-state index in [0.29, 0.717) is 5.56 Å². The molecule has 6 nitrogen and oxygen atoms in total. The van der Waals surface area contributed by atoms with Crippen LogP contribution >= 0.6 is 0 Å². The zero-order valence-corrected chi connectivity index (χ0v) is 13.5. The largest absolute Gasteiger partial charge is 0.293 e. The summed E-state index contributed by atoms with van der Waals surface area (Å²) in [5.41, 5.74) is 1.16. The van der Waals surface area contributed by atoms with Crippen LogP contribution in [-0.4, -0.2) is 30.5 Å². The molecule has 1 aromatic heterocycles. The Morgan fingerprint density at radius 3 is 2.29 bits per heavy atom. The molecule has 1 heterocycles. The van der Waals surface area contributed by atoms with E-state index in [4.69, 9.17) is 0 Å². The van der Waals surface area contributed by atoms with Crippen LogP contribution in [0.3, 0.4) is 0 Å². The molecule has 0 bridgehead atoms. The maximum Gasteiger partial charge on any atom is 0.240 e. The summed E-state index contributed by atoms with van der Waals surface area (Å²) in [6.07, 6.45) is 3.00. The van der Waals surface area contributed by atoms with Gasteiger partial charge in [0.1, 0.15) is 0 Å². The van der Waals surface area contributed by atoms with Crippen LogP contribution in [0, 0.1) is 0 Å². The first kappa shape index (κ1) is 16.1. The van der Waals surface area contributed by atoms with Crippen LogP contribution in [0.4, 0.5) is 0 Å². The van der Waals surface area contributed by atoms with Gasteiger partial charge >= 0.3 is 0 Å². The van der Waals surface area contributed by atoms with Gasteiger partial charge in [-0.15, -0.1) is 0 Å². The summed E-state index contributed by atoms with van der Waals surface area (Å²) in [6, 6.07) is 17.3. The predicted molar refractivity (Wildman–Crippen MR) is 89.5 cm³/mol. The molecule has 0 aliphatic rings. The Kier molecular flexibility index (Phi) is 4.54. The second-order valence-corrected chi connectivity index (χ2v) is 6.84. The van der Waals surface area contributed by atoms with Crippen LogP contribution < -0.4 is 4.72 Å². The number of para-hydroxylation sites is 1. The molecule has 0 aliphatic carbocycles. The number of hydrogen-bond acceptors (Lipinski definition) is 4. The first-order chi connectivity index (χ1) is 11.6. The minimum absolute atomic E-state index is 0.123. The van der Waals surface area contributed by atoms with Crippen molar-refractivity contribution < 1.29 is 13.2 Å². The second kappa shape index (κ2) is 6.77. The van der Waals surface area contributed by atoms with Crippen LogP contribution in [0.5, 0.6) is 0 Å². The van der Waals surface area contributed by atoms with Crippen LogP contribution in [0.2, 0.25) is 0 Å². The molecule has 0 saturated carbocycles. The van der Waals surface area contributed by atoms with Gasteiger partial charge in [-0.05, 0) is 24.3 Å². The number of nitrogens with one attached hydrogen (secondary N) is 1. The van der Waals surface area contributed by atoms with Gasteiger partial charge in [0.15, 0.2) is 5.78 Å². The first-order valence-corrected chi connectivity index (χ1v) is 8.72. The number of hydrogen-bond donors (Lipinski definition) is 1. The van der Waals surface area contributed by atoms with Gasteiger partial charge < -0.3 is 0 Å². The van der Waals surface area contributed by atoms with Gasteiger partial charge in [-0.2, -0.15) is 5.10 Å². The normalized spacial score (nSPS) is 11.3. The molecule has 3 rings (SSSR count). The molecular formula is C17H15N3O3S. The quantitative estimate of drug-likeness (QED) is 0.696. The molecule has 0 radical (unpaired) electrons. The van der Waals surface area contributed by atoms with E-state index in [2.05, 4.69) is 9.82 Å². The number of rotatable bonds is 6. The SMILES string of the molecule is O=C(CNS(=O)(=O)c1ccccc1)c1cnn(-c2ccccc2)c1. The maximum atomic E-state index is 12.2. The summed E-state index contributed by atoms with van der Waals surface area (Å²) in [6.45, 7) is -0.322. The number of aromatic nitrogens is 2. The van der Waals surface area contributed by atoms with Gasteiger partial charge in [0, 0.05) is 6.20 Å². The molecule has 0 unspecified atom stereocenters. The molecule has 3 aromatic rings. The van der Waals surface area contributed by atoms with E-state index in [-0.39, 0.29) is 17.2 Å². The van der Waals surface area contributed by atoms with E-state index in [1.807, 2.05) is 30.3 Å². The van der Waals surface area contributed by atoms with Crippen molar-refractivity contribution in [3.63, 3.8) is 0 Å². The summed E-state index contributed by atoms with van der Waals surface area (Å²) >= 11 is 0. The number of benzene rings is 2. The smallest absolute Gasteiger partial charge is 0.240 e. The van der Waals surface area contributed by atoms with Crippen molar-refractivity contribution in [2.75, 3.05) is 6.54 Å². The van der Waals surface area contributed by atoms with Crippen molar-refractivity contribution >= 4 is 15.8 Å². The lowest BCUT2D eigenvalue weighted by Gasteiger charge is -2.05. The predicted octanol–water partition coefficient (Wildman–Crippen LogP) is 2.03. The standard InChI is InChI=1S/C17H15N3O3S/c21-17(12-19-24(22,23)16-9-5-2-6-10-16)14-11-18-20(13-14)15-7-3-1-4-8-15/h1-11,13,19H,12H2. The lowest BCUT2D eigenvalue weighted by atomic mass is 10.2. The number of nitrogens with zero attached hydrogens (tertiary/aromatic N) is 2. The fraction of sp³-hybridized carbons (Fsp3) is 0.0588. The highest BCUT2D eigenvalue weighted by Gasteiger charge is 2.16. The Morgan fingerprint density at radius 2 is 1.62 bits per heavy atom. The van der Waals surface area contributed by atoms with Gasteiger partial charge in [-0.1, -0.05) is 36.4 Å². The van der Waals surface area contributed by atoms with Gasteiger partial charge in [-0.3, -0.25) is 4.79 Å². The minimum Gasteiger partial charge on any atom is -0.293 e. The Morgan fingerprint density at radius 1 is 1.00 bits per heavy atom. The van der Waals surface area contributed by atoms with E-state index in [0.717, 1.165) is 5.69 Å². The van der Waals surface area contributed by atoms with E-state index < -0.39 is 10.0 Å². The number of carbonyl (C=O) groups excluding carboxylic acids is 1. The van der Waals surface area contributed by atoms with Crippen molar-refractivity contribution in [2.45, 2.75) is 4.90 Å². The first-order valence-electron chi connectivity index (χ1n) is 7.24. The zero-order chi connectivity index (χ0) is 17.0. The molecule has 0 spiro atoms. The Labute approximate surface area is 139 Å². The zero-order valence-electron chi connectivity index (χ0n) is 12.7. The molecule has 0 saturated heterocycles. The maximum absolute atomic E-state index is 12.2. The third-order valence-electron chi connectivity index (χ3n) is 3.40. The molecule has 0 atom stereocenters. The number of sulfonamides is 1. The molecule has 0 amide bonds. The molecule has 7 heteroatoms. The monoisotopic (exact) mass is 341 g/mol. The second-order valence-electron chi connectivity index (χ2n) is 5.07. The fourth-order valence-corrected chi connectivity index (χ4v) is 3.14. The molecule has 0 aliphatic heterocycles. The molecule has 1 N–H and O–H groups in total. The third kappa shape index (κ3) is 3.58. The lowest BCUT2D eigenvalue weighted by Crippen LogP contribution is -2.29. The van der Waals surface area contributed by atoms with Crippen molar-refractivity contribution in [3.05, 3.63) is 78.6 Å². The number of ketones is 1. The molecule has 0 fully saturated rings. The lowest BCUT2D eigenvalue weighted by molar-refractivity contribution is 0.0997. The topological polar surface area (TPSA) is 81.1 Å². The molecule has 2 aromatic carbocycles. The van der Waals surface area contributed by atoms with Crippen LogP contribution in [0.15, 0.2) is 78.0 Å². The van der Waals surface area contributed by atoms with Crippen LogP contribution in [0.1, 0.15) is 10.4 Å². The van der Waals surface area contributed by atoms with E-state index in [9.17, 15) is 13.2 Å². The van der Waals surface area contributed by atoms with Gasteiger partial charge in [0.05, 0.1) is 28.9 Å². The molecule has 24 heavy (non-hydrogen) atoms. The minimum atomic E-state index is -3.71. The highest BCUT2D eigenvalue weighted by molar-refractivity contribution is 7.89. The van der Waals surface area contributed by atoms with Crippen LogP contribution in [0.25, 0.3) is 5.69 Å². The Hall–Kier alpha value is -2.77. The van der Waals surface area contributed by atoms with Gasteiger partial charge in [-0.25, -0.2) is 17.8 Å². The average Bonchev–Trinajstić information content (AvgIpc) is 3.11. The summed E-state index contributed by atoms with van der Waals surface area (Å²) in [5.74, 6) is -0.350. The van der Waals surface area contributed by atoms with E-state index in [1.165, 1.54) is 18.3 Å². The van der Waals surface area contributed by atoms with Gasteiger partial charge in [0.25, 0.3) is 0 Å². The third-order valence-corrected chi connectivity index (χ3v) is 4.82. The Balaban J connectivity index is 1.69. The van der Waals surface area contributed by atoms with Crippen LogP contribution in [-0.2, 0) is 10.0 Å². The van der Waals surface area contributed by atoms with Gasteiger partial charge in [0.2, 0.25) is 10.0 Å². The van der Waals surface area contributed by atoms with Crippen molar-refractivity contribution in [1.82, 2.24) is 14.5 Å². The summed E-state index contributed by atoms with van der Waals surface area (Å²) in [5, 5.41) is 4.13. The number of Topliss-reactive ketones (excluding diaryl/α,β-unsaturated/α-hetero) is 1. The average molecular weight is 341 g/mol. The van der Waals surface area contributed by atoms with E-state index >= 15 is 0 Å². The van der Waals surface area contributed by atoms with Crippen molar-refractivity contribution in [2.24, 2.45) is 0 Å². The molecular weight excluding hydrogens is 326 g/mol. The van der Waals surface area contributed by atoms with Crippen molar-refractivity contribution in [1.29, 1.82) is 0 Å². The fourth-order valence-electron chi connectivity index (χ4n) is 2.13. The molecule has 122 valence electrons. The number of carbonyl (C=O) groups is 1.